The van der Waals surface area contributed by atoms with E-state index in [0.29, 0.717) is 19.4 Å². The van der Waals surface area contributed by atoms with Gasteiger partial charge in [-0.3, -0.25) is 14.3 Å². The van der Waals surface area contributed by atoms with Gasteiger partial charge in [0, 0.05) is 12.7 Å². The van der Waals surface area contributed by atoms with E-state index >= 15 is 0 Å². The van der Waals surface area contributed by atoms with Gasteiger partial charge >= 0.3 is 5.69 Å². The van der Waals surface area contributed by atoms with Gasteiger partial charge in [-0.1, -0.05) is 0 Å². The molecule has 0 bridgehead atoms. The minimum Gasteiger partial charge on any atom is -0.393 e. The normalized spacial score (nSPS) is 23.5. The van der Waals surface area contributed by atoms with Crippen molar-refractivity contribution in [2.75, 3.05) is 0 Å². The van der Waals surface area contributed by atoms with Gasteiger partial charge < -0.3 is 5.11 Å². The molecule has 2 rings (SSSR count). The number of aliphatic hydroxyl groups is 1. The van der Waals surface area contributed by atoms with Crippen LogP contribution in [0, 0.1) is 17.2 Å². The summed E-state index contributed by atoms with van der Waals surface area (Å²) in [6, 6.07) is 1.73. The van der Waals surface area contributed by atoms with Crippen LogP contribution in [0.5, 0.6) is 0 Å². The van der Waals surface area contributed by atoms with Crippen molar-refractivity contribution in [1.82, 2.24) is 9.55 Å². The number of H-pyrrole nitrogens is 1. The molecule has 1 aromatic rings. The summed E-state index contributed by atoms with van der Waals surface area (Å²) in [5.41, 5.74) is -1.23. The molecule has 1 aliphatic rings. The summed E-state index contributed by atoms with van der Waals surface area (Å²) in [5, 5.41) is 17.8. The topological polar surface area (TPSA) is 98.9 Å². The second kappa shape index (κ2) is 3.94. The molecule has 6 nitrogen and oxygen atoms in total. The molecule has 1 aromatic heterocycles. The van der Waals surface area contributed by atoms with E-state index in [1.807, 2.05) is 0 Å². The van der Waals surface area contributed by atoms with Crippen molar-refractivity contribution in [3.8, 4) is 6.07 Å². The minimum absolute atomic E-state index is 0.0699. The standard InChI is InChI=1S/C10H11N3O3/c11-3-7-5-13(10(16)12-9(7)15)4-6-1-8(14)2-6/h5-6,8,14H,1-2,4H2,(H,12,15,16). The highest BCUT2D eigenvalue weighted by Gasteiger charge is 2.27. The third kappa shape index (κ3) is 1.90. The lowest BCUT2D eigenvalue weighted by Gasteiger charge is -2.31. The number of hydrogen-bond acceptors (Lipinski definition) is 4. The number of rotatable bonds is 2. The Hall–Kier alpha value is -1.87. The first-order valence-electron chi connectivity index (χ1n) is 5.02. The van der Waals surface area contributed by atoms with Crippen molar-refractivity contribution in [3.63, 3.8) is 0 Å². The number of aromatic nitrogens is 2. The number of nitrogens with one attached hydrogen (secondary N) is 1. The van der Waals surface area contributed by atoms with Crippen molar-refractivity contribution < 1.29 is 5.11 Å². The first-order valence-corrected chi connectivity index (χ1v) is 5.02. The number of aromatic amines is 1. The summed E-state index contributed by atoms with van der Waals surface area (Å²) < 4.78 is 1.32. The molecule has 0 aromatic carbocycles. The van der Waals surface area contributed by atoms with E-state index in [1.165, 1.54) is 10.8 Å². The molecule has 0 atom stereocenters. The van der Waals surface area contributed by atoms with E-state index in [-0.39, 0.29) is 17.6 Å². The van der Waals surface area contributed by atoms with E-state index < -0.39 is 11.2 Å². The fraction of sp³-hybridized carbons (Fsp3) is 0.500. The zero-order valence-corrected chi connectivity index (χ0v) is 8.51. The Morgan fingerprint density at radius 1 is 1.56 bits per heavy atom. The van der Waals surface area contributed by atoms with E-state index in [2.05, 4.69) is 4.98 Å². The van der Waals surface area contributed by atoms with Crippen LogP contribution in [0.1, 0.15) is 18.4 Å². The molecule has 0 amide bonds. The molecule has 1 heterocycles. The van der Waals surface area contributed by atoms with Crippen LogP contribution in [0.25, 0.3) is 0 Å². The first-order chi connectivity index (χ1) is 7.60. The molecule has 84 valence electrons. The maximum Gasteiger partial charge on any atom is 0.328 e. The molecular weight excluding hydrogens is 210 g/mol. The quantitative estimate of drug-likeness (QED) is 0.681. The predicted octanol–water partition coefficient (Wildman–Crippen LogP) is -0.821. The van der Waals surface area contributed by atoms with E-state index in [1.54, 1.807) is 6.07 Å². The molecule has 0 unspecified atom stereocenters. The lowest BCUT2D eigenvalue weighted by atomic mass is 9.82. The summed E-state index contributed by atoms with van der Waals surface area (Å²) in [5.74, 6) is 0.241. The largest absolute Gasteiger partial charge is 0.393 e. The molecule has 1 fully saturated rings. The number of nitrogens with zero attached hydrogens (tertiary/aromatic N) is 2. The molecule has 2 N–H and O–H groups in total. The molecule has 1 saturated carbocycles. The van der Waals surface area contributed by atoms with Gasteiger partial charge in [-0.25, -0.2) is 4.79 Å². The third-order valence-electron chi connectivity index (χ3n) is 2.80. The smallest absolute Gasteiger partial charge is 0.328 e. The summed E-state index contributed by atoms with van der Waals surface area (Å²) in [6.07, 6.45) is 2.31. The highest BCUT2D eigenvalue weighted by Crippen LogP contribution is 2.27. The van der Waals surface area contributed by atoms with Crippen LogP contribution in [-0.2, 0) is 6.54 Å². The summed E-state index contributed by atoms with van der Waals surface area (Å²) in [6.45, 7) is 0.432. The Bertz CT molecular complexity index is 546. The van der Waals surface area contributed by atoms with Crippen LogP contribution >= 0.6 is 0 Å². The second-order valence-corrected chi connectivity index (χ2v) is 4.06. The maximum atomic E-state index is 11.4. The van der Waals surface area contributed by atoms with Gasteiger partial charge in [0.15, 0.2) is 0 Å². The summed E-state index contributed by atoms with van der Waals surface area (Å²) >= 11 is 0. The molecule has 6 heteroatoms. The second-order valence-electron chi connectivity index (χ2n) is 4.06. The number of hydrogen-bond donors (Lipinski definition) is 2. The van der Waals surface area contributed by atoms with Gasteiger partial charge in [0.1, 0.15) is 11.6 Å². The maximum absolute atomic E-state index is 11.4. The Morgan fingerprint density at radius 3 is 2.81 bits per heavy atom. The predicted molar refractivity (Wildman–Crippen MR) is 54.8 cm³/mol. The molecule has 0 saturated heterocycles. The first kappa shape index (κ1) is 10.6. The average molecular weight is 221 g/mol. The zero-order valence-electron chi connectivity index (χ0n) is 8.51. The van der Waals surface area contributed by atoms with Gasteiger partial charge in [-0.2, -0.15) is 5.26 Å². The van der Waals surface area contributed by atoms with Crippen LogP contribution in [0.15, 0.2) is 15.8 Å². The van der Waals surface area contributed by atoms with Crippen LogP contribution in [0.2, 0.25) is 0 Å². The molecule has 0 aliphatic heterocycles. The molecule has 0 spiro atoms. The fourth-order valence-corrected chi connectivity index (χ4v) is 1.85. The van der Waals surface area contributed by atoms with E-state index in [0.717, 1.165) is 0 Å². The van der Waals surface area contributed by atoms with Crippen molar-refractivity contribution in [2.24, 2.45) is 5.92 Å². The Kier molecular flexibility index (Phi) is 2.62. The van der Waals surface area contributed by atoms with E-state index in [4.69, 9.17) is 10.4 Å². The van der Waals surface area contributed by atoms with Crippen molar-refractivity contribution in [1.29, 1.82) is 5.26 Å². The highest BCUT2D eigenvalue weighted by atomic mass is 16.3. The fourth-order valence-electron chi connectivity index (χ4n) is 1.85. The van der Waals surface area contributed by atoms with Gasteiger partial charge in [0.25, 0.3) is 5.56 Å². The van der Waals surface area contributed by atoms with E-state index in [9.17, 15) is 9.59 Å². The van der Waals surface area contributed by atoms with Gasteiger partial charge in [0.05, 0.1) is 6.10 Å². The van der Waals surface area contributed by atoms with Crippen molar-refractivity contribution >= 4 is 0 Å². The SMILES string of the molecule is N#Cc1cn(CC2CC(O)C2)c(=O)[nH]c1=O. The van der Waals surface area contributed by atoms with Crippen LogP contribution in [-0.4, -0.2) is 20.8 Å². The zero-order chi connectivity index (χ0) is 11.7. The Labute approximate surface area is 90.8 Å². The Morgan fingerprint density at radius 2 is 2.25 bits per heavy atom. The third-order valence-corrected chi connectivity index (χ3v) is 2.80. The van der Waals surface area contributed by atoms with Crippen LogP contribution < -0.4 is 11.2 Å². The molecule has 16 heavy (non-hydrogen) atoms. The summed E-state index contributed by atoms with van der Waals surface area (Å²) in [4.78, 5) is 24.6. The van der Waals surface area contributed by atoms with Crippen molar-refractivity contribution in [3.05, 3.63) is 32.6 Å². The lowest BCUT2D eigenvalue weighted by molar-refractivity contribution is 0.0346. The Balaban J connectivity index is 2.25. The monoisotopic (exact) mass is 221 g/mol. The molecule has 1 aliphatic carbocycles. The average Bonchev–Trinajstić information content (AvgIpc) is 2.19. The van der Waals surface area contributed by atoms with Gasteiger partial charge in [0.2, 0.25) is 0 Å². The van der Waals surface area contributed by atoms with Crippen molar-refractivity contribution in [2.45, 2.75) is 25.5 Å². The molecular formula is C10H11N3O3. The highest BCUT2D eigenvalue weighted by molar-refractivity contribution is 5.21. The number of nitriles is 1. The lowest BCUT2D eigenvalue weighted by Crippen LogP contribution is -2.37. The molecule has 0 radical (unpaired) electrons. The van der Waals surface area contributed by atoms with Crippen LogP contribution in [0.4, 0.5) is 0 Å². The number of aliphatic hydroxyl groups excluding tert-OH is 1. The van der Waals surface area contributed by atoms with Gasteiger partial charge in [-0.05, 0) is 18.8 Å². The summed E-state index contributed by atoms with van der Waals surface area (Å²) in [7, 11) is 0. The van der Waals surface area contributed by atoms with Crippen LogP contribution in [0.3, 0.4) is 0 Å². The minimum atomic E-state index is -0.655. The van der Waals surface area contributed by atoms with Gasteiger partial charge in [-0.15, -0.1) is 0 Å².